The van der Waals surface area contributed by atoms with Crippen LogP contribution in [0.1, 0.15) is 0 Å². The Morgan fingerprint density at radius 2 is 1.19 bits per heavy atom. The third kappa shape index (κ3) is 1.86. The maximum absolute atomic E-state index is 3.61. The highest BCUT2D eigenvalue weighted by Crippen LogP contribution is 2.52. The maximum Gasteiger partial charge on any atom is 0.0404 e. The van der Waals surface area contributed by atoms with Crippen molar-refractivity contribution in [1.82, 2.24) is 0 Å². The summed E-state index contributed by atoms with van der Waals surface area (Å²) < 4.78 is 2.34. The number of halogens is 2. The van der Waals surface area contributed by atoms with Crippen LogP contribution in [0.2, 0.25) is 0 Å². The van der Waals surface area contributed by atoms with Crippen molar-refractivity contribution < 1.29 is 0 Å². The molecular weight excluding hydrogens is 368 g/mol. The minimum Gasteiger partial charge on any atom is -0.0876 e. The van der Waals surface area contributed by atoms with Crippen LogP contribution < -0.4 is 0 Å². The Balaban J connectivity index is 2.17. The zero-order valence-electron chi connectivity index (χ0n) is 8.04. The van der Waals surface area contributed by atoms with E-state index in [1.165, 1.54) is 28.5 Å². The summed E-state index contributed by atoms with van der Waals surface area (Å²) in [7, 11) is 0. The number of hydrogen-bond acceptors (Lipinski definition) is 2. The lowest BCUT2D eigenvalue weighted by Gasteiger charge is -2.20. The first-order valence-electron chi connectivity index (χ1n) is 4.68. The minimum atomic E-state index is 1.17. The Hall–Kier alpha value is 0.1000. The van der Waals surface area contributed by atoms with E-state index in [1.54, 1.807) is 0 Å². The van der Waals surface area contributed by atoms with Gasteiger partial charge in [0, 0.05) is 28.5 Å². The van der Waals surface area contributed by atoms with Gasteiger partial charge in [-0.05, 0) is 56.1 Å². The van der Waals surface area contributed by atoms with Gasteiger partial charge in [-0.25, -0.2) is 0 Å². The first kappa shape index (κ1) is 11.2. The molecular formula is C12H6Br2S2. The van der Waals surface area contributed by atoms with Gasteiger partial charge in [0.15, 0.2) is 0 Å². The van der Waals surface area contributed by atoms with Crippen molar-refractivity contribution in [3.05, 3.63) is 45.3 Å². The Labute approximate surface area is 119 Å². The van der Waals surface area contributed by atoms with E-state index < -0.39 is 0 Å². The fraction of sp³-hybridized carbons (Fsp3) is 0. The monoisotopic (exact) mass is 372 g/mol. The minimum absolute atomic E-state index is 1.17. The number of fused-ring (bicyclic) bond motifs is 2. The molecule has 0 N–H and O–H groups in total. The van der Waals surface area contributed by atoms with Crippen molar-refractivity contribution in [2.45, 2.75) is 19.6 Å². The predicted molar refractivity (Wildman–Crippen MR) is 76.5 cm³/mol. The van der Waals surface area contributed by atoms with Crippen molar-refractivity contribution in [2.24, 2.45) is 0 Å². The van der Waals surface area contributed by atoms with Gasteiger partial charge >= 0.3 is 0 Å². The molecule has 0 spiro atoms. The lowest BCUT2D eigenvalue weighted by molar-refractivity contribution is 1.13. The fourth-order valence-electron chi connectivity index (χ4n) is 1.56. The van der Waals surface area contributed by atoms with Crippen molar-refractivity contribution in [3.8, 4) is 0 Å². The molecule has 0 amide bonds. The van der Waals surface area contributed by atoms with Gasteiger partial charge in [0.2, 0.25) is 0 Å². The van der Waals surface area contributed by atoms with Crippen LogP contribution in [0.5, 0.6) is 0 Å². The lowest BCUT2D eigenvalue weighted by Crippen LogP contribution is -1.90. The molecule has 3 rings (SSSR count). The van der Waals surface area contributed by atoms with Crippen LogP contribution in [-0.4, -0.2) is 0 Å². The van der Waals surface area contributed by atoms with Gasteiger partial charge in [-0.1, -0.05) is 35.7 Å². The Kier molecular flexibility index (Phi) is 3.09. The van der Waals surface area contributed by atoms with Crippen LogP contribution in [0.4, 0.5) is 0 Å². The van der Waals surface area contributed by atoms with Crippen molar-refractivity contribution in [3.63, 3.8) is 0 Å². The average Bonchev–Trinajstić information content (AvgIpc) is 2.28. The third-order valence-electron chi connectivity index (χ3n) is 2.29. The molecule has 1 aliphatic heterocycles. The van der Waals surface area contributed by atoms with Crippen LogP contribution in [0.15, 0.2) is 64.9 Å². The Bertz CT molecular complexity index is 517. The maximum atomic E-state index is 3.61. The first-order valence-corrected chi connectivity index (χ1v) is 7.90. The number of benzene rings is 2. The van der Waals surface area contributed by atoms with E-state index in [-0.39, 0.29) is 0 Å². The molecule has 0 bridgehead atoms. The molecule has 0 unspecified atom stereocenters. The van der Waals surface area contributed by atoms with Crippen molar-refractivity contribution in [2.75, 3.05) is 0 Å². The standard InChI is InChI=1S/C12H6Br2S2/c13-7-3-1-5-9-11(7)16-12-8(14)4-2-6-10(12)15-9/h1-6H. The molecule has 0 fully saturated rings. The highest BCUT2D eigenvalue weighted by Gasteiger charge is 2.20. The number of hydrogen-bond donors (Lipinski definition) is 0. The van der Waals surface area contributed by atoms with Crippen LogP contribution >= 0.6 is 55.4 Å². The summed E-state index contributed by atoms with van der Waals surface area (Å²) in [5.41, 5.74) is 0. The number of rotatable bonds is 0. The van der Waals surface area contributed by atoms with Gasteiger partial charge < -0.3 is 0 Å². The van der Waals surface area contributed by atoms with Crippen LogP contribution in [0.25, 0.3) is 0 Å². The lowest BCUT2D eigenvalue weighted by atomic mass is 10.3. The molecule has 0 saturated heterocycles. The smallest absolute Gasteiger partial charge is 0.0404 e. The van der Waals surface area contributed by atoms with E-state index in [2.05, 4.69) is 68.3 Å². The zero-order valence-corrected chi connectivity index (χ0v) is 12.8. The second-order valence-electron chi connectivity index (χ2n) is 3.34. The van der Waals surface area contributed by atoms with Gasteiger partial charge in [0.1, 0.15) is 0 Å². The van der Waals surface area contributed by atoms with Crippen molar-refractivity contribution >= 4 is 55.4 Å². The molecule has 1 heterocycles. The van der Waals surface area contributed by atoms with Gasteiger partial charge in [0.05, 0.1) is 0 Å². The van der Waals surface area contributed by atoms with E-state index in [4.69, 9.17) is 0 Å². The average molecular weight is 374 g/mol. The zero-order chi connectivity index (χ0) is 11.1. The van der Waals surface area contributed by atoms with Crippen LogP contribution in [0.3, 0.4) is 0 Å². The van der Waals surface area contributed by atoms with E-state index in [9.17, 15) is 0 Å². The molecule has 0 aromatic heterocycles. The van der Waals surface area contributed by atoms with Crippen LogP contribution in [0, 0.1) is 0 Å². The summed E-state index contributed by atoms with van der Waals surface area (Å²) in [6.07, 6.45) is 0. The summed E-state index contributed by atoms with van der Waals surface area (Å²) in [6, 6.07) is 12.7. The van der Waals surface area contributed by atoms with Gasteiger partial charge in [0.25, 0.3) is 0 Å². The summed E-state index contributed by atoms with van der Waals surface area (Å²) in [5, 5.41) is 0. The van der Waals surface area contributed by atoms with Gasteiger partial charge in [-0.2, -0.15) is 0 Å². The highest BCUT2D eigenvalue weighted by atomic mass is 79.9. The summed E-state index contributed by atoms with van der Waals surface area (Å²) in [6.45, 7) is 0. The van der Waals surface area contributed by atoms with Crippen molar-refractivity contribution in [1.29, 1.82) is 0 Å². The topological polar surface area (TPSA) is 0 Å². The quantitative estimate of drug-likeness (QED) is 0.486. The summed E-state index contributed by atoms with van der Waals surface area (Å²) in [5.74, 6) is 0. The van der Waals surface area contributed by atoms with Gasteiger partial charge in [-0.3, -0.25) is 0 Å². The first-order chi connectivity index (χ1) is 7.75. The molecule has 0 aliphatic carbocycles. The molecule has 0 radical (unpaired) electrons. The van der Waals surface area contributed by atoms with E-state index in [0.29, 0.717) is 0 Å². The normalized spacial score (nSPS) is 13.1. The van der Waals surface area contributed by atoms with Gasteiger partial charge in [-0.15, -0.1) is 0 Å². The fourth-order valence-corrected chi connectivity index (χ4v) is 5.35. The molecule has 80 valence electrons. The Morgan fingerprint density at radius 3 is 1.69 bits per heavy atom. The summed E-state index contributed by atoms with van der Waals surface area (Å²) in [4.78, 5) is 5.27. The molecule has 16 heavy (non-hydrogen) atoms. The highest BCUT2D eigenvalue weighted by molar-refractivity contribution is 9.11. The molecule has 0 atom stereocenters. The molecule has 0 saturated carbocycles. The van der Waals surface area contributed by atoms with E-state index >= 15 is 0 Å². The molecule has 2 aromatic carbocycles. The SMILES string of the molecule is Brc1cccc2c1Sc1c(Br)cccc1S2. The predicted octanol–water partition coefficient (Wildman–Crippen LogP) is 5.83. The van der Waals surface area contributed by atoms with Crippen LogP contribution in [-0.2, 0) is 0 Å². The largest absolute Gasteiger partial charge is 0.0876 e. The molecule has 4 heteroatoms. The second-order valence-corrected chi connectivity index (χ2v) is 7.15. The third-order valence-corrected chi connectivity index (χ3v) is 6.80. The molecule has 1 aliphatic rings. The Morgan fingerprint density at radius 1 is 0.688 bits per heavy atom. The summed E-state index contributed by atoms with van der Waals surface area (Å²) >= 11 is 10.9. The molecule has 0 nitrogen and oxygen atoms in total. The van der Waals surface area contributed by atoms with E-state index in [1.807, 2.05) is 23.5 Å². The molecule has 2 aromatic rings. The van der Waals surface area contributed by atoms with E-state index in [0.717, 1.165) is 0 Å². The second kappa shape index (κ2) is 4.41.